The Kier molecular flexibility index (Phi) is 5.00. The fourth-order valence-corrected chi connectivity index (χ4v) is 7.33. The first-order valence-electron chi connectivity index (χ1n) is 15.4. The van der Waals surface area contributed by atoms with Crippen molar-refractivity contribution in [3.8, 4) is 22.5 Å². The maximum absolute atomic E-state index is 6.61. The van der Waals surface area contributed by atoms with Gasteiger partial charge in [-0.2, -0.15) is 0 Å². The van der Waals surface area contributed by atoms with Crippen LogP contribution in [0.2, 0.25) is 0 Å². The Balaban J connectivity index is 1.28. The second-order valence-electron chi connectivity index (χ2n) is 11.8. The van der Waals surface area contributed by atoms with Crippen molar-refractivity contribution in [2.24, 2.45) is 0 Å². The van der Waals surface area contributed by atoms with E-state index < -0.39 is 0 Å². The Labute approximate surface area is 258 Å². The number of rotatable bonds is 3. The lowest BCUT2D eigenvalue weighted by Crippen LogP contribution is -1.93. The van der Waals surface area contributed by atoms with Gasteiger partial charge in [0.2, 0.25) is 0 Å². The Morgan fingerprint density at radius 2 is 0.911 bits per heavy atom. The lowest BCUT2D eigenvalue weighted by atomic mass is 10.0. The molecule has 0 N–H and O–H groups in total. The summed E-state index contributed by atoms with van der Waals surface area (Å²) in [5.74, 6) is 0. The van der Waals surface area contributed by atoms with Gasteiger partial charge in [-0.1, -0.05) is 91.0 Å². The van der Waals surface area contributed by atoms with Gasteiger partial charge in [-0.15, -0.1) is 0 Å². The largest absolute Gasteiger partial charge is 0.455 e. The fraction of sp³-hybridized carbons (Fsp3) is 0. The van der Waals surface area contributed by atoms with Crippen LogP contribution in [-0.4, -0.2) is 9.13 Å². The van der Waals surface area contributed by atoms with Crippen LogP contribution in [0.15, 0.2) is 162 Å². The topological polar surface area (TPSA) is 23.0 Å². The third kappa shape index (κ3) is 3.46. The summed E-state index contributed by atoms with van der Waals surface area (Å²) >= 11 is 0. The molecular formula is C42H26N2O. The molecule has 3 nitrogen and oxygen atoms in total. The molecule has 3 heteroatoms. The molecule has 45 heavy (non-hydrogen) atoms. The molecule has 10 rings (SSSR count). The van der Waals surface area contributed by atoms with Crippen molar-refractivity contribution >= 4 is 65.6 Å². The van der Waals surface area contributed by atoms with Crippen molar-refractivity contribution in [1.82, 2.24) is 9.13 Å². The highest BCUT2D eigenvalue weighted by Crippen LogP contribution is 2.42. The molecule has 0 radical (unpaired) electrons. The van der Waals surface area contributed by atoms with Crippen LogP contribution in [0, 0.1) is 0 Å². The fourth-order valence-electron chi connectivity index (χ4n) is 7.33. The summed E-state index contributed by atoms with van der Waals surface area (Å²) in [7, 11) is 0. The van der Waals surface area contributed by atoms with Gasteiger partial charge in [0, 0.05) is 38.3 Å². The average molecular weight is 575 g/mol. The number of benzene rings is 7. The summed E-state index contributed by atoms with van der Waals surface area (Å²) in [6, 6.07) is 56.5. The summed E-state index contributed by atoms with van der Waals surface area (Å²) in [5.41, 5.74) is 11.2. The number of hydrogen-bond donors (Lipinski definition) is 0. The minimum Gasteiger partial charge on any atom is -0.455 e. The van der Waals surface area contributed by atoms with Crippen LogP contribution in [0.3, 0.4) is 0 Å². The molecule has 10 aromatic rings. The summed E-state index contributed by atoms with van der Waals surface area (Å²) in [6.45, 7) is 0. The van der Waals surface area contributed by atoms with Crippen molar-refractivity contribution in [3.63, 3.8) is 0 Å². The number of para-hydroxylation sites is 4. The van der Waals surface area contributed by atoms with Gasteiger partial charge in [-0.25, -0.2) is 0 Å². The highest BCUT2D eigenvalue weighted by molar-refractivity contribution is 6.24. The molecule has 0 atom stereocenters. The third-order valence-corrected chi connectivity index (χ3v) is 9.31. The van der Waals surface area contributed by atoms with Crippen molar-refractivity contribution in [2.75, 3.05) is 0 Å². The van der Waals surface area contributed by atoms with E-state index in [2.05, 4.69) is 161 Å². The molecule has 0 amide bonds. The van der Waals surface area contributed by atoms with E-state index in [1.54, 1.807) is 0 Å². The summed E-state index contributed by atoms with van der Waals surface area (Å²) in [5, 5.41) is 7.12. The van der Waals surface area contributed by atoms with Crippen molar-refractivity contribution in [3.05, 3.63) is 158 Å². The van der Waals surface area contributed by atoms with Gasteiger partial charge < -0.3 is 13.6 Å². The van der Waals surface area contributed by atoms with Crippen LogP contribution in [0.4, 0.5) is 0 Å². The van der Waals surface area contributed by atoms with E-state index in [4.69, 9.17) is 4.42 Å². The molecule has 0 aliphatic carbocycles. The molecule has 3 heterocycles. The Morgan fingerprint density at radius 3 is 1.71 bits per heavy atom. The van der Waals surface area contributed by atoms with Crippen LogP contribution in [0.25, 0.3) is 88.1 Å². The highest BCUT2D eigenvalue weighted by Gasteiger charge is 2.20. The maximum atomic E-state index is 6.61. The first kappa shape index (κ1) is 24.4. The Morgan fingerprint density at radius 1 is 0.356 bits per heavy atom. The molecule has 0 unspecified atom stereocenters. The molecule has 0 spiro atoms. The van der Waals surface area contributed by atoms with Crippen molar-refractivity contribution < 1.29 is 4.42 Å². The van der Waals surface area contributed by atoms with Gasteiger partial charge in [0.15, 0.2) is 0 Å². The molecule has 7 aromatic carbocycles. The number of furan rings is 1. The van der Waals surface area contributed by atoms with Crippen LogP contribution >= 0.6 is 0 Å². The van der Waals surface area contributed by atoms with Crippen LogP contribution in [0.5, 0.6) is 0 Å². The zero-order chi connectivity index (χ0) is 29.5. The quantitative estimate of drug-likeness (QED) is 0.206. The first-order valence-corrected chi connectivity index (χ1v) is 15.4. The smallest absolute Gasteiger partial charge is 0.145 e. The first-order chi connectivity index (χ1) is 22.3. The van der Waals surface area contributed by atoms with E-state index in [9.17, 15) is 0 Å². The Bertz CT molecular complexity index is 2740. The second kappa shape index (κ2) is 9.22. The zero-order valence-corrected chi connectivity index (χ0v) is 24.3. The molecule has 3 aromatic heterocycles. The second-order valence-corrected chi connectivity index (χ2v) is 11.8. The Hall–Kier alpha value is -6.06. The molecule has 0 aliphatic heterocycles. The lowest BCUT2D eigenvalue weighted by molar-refractivity contribution is 0.673. The van der Waals surface area contributed by atoms with E-state index in [1.165, 1.54) is 38.3 Å². The highest BCUT2D eigenvalue weighted by atomic mass is 16.3. The van der Waals surface area contributed by atoms with E-state index in [0.717, 1.165) is 49.7 Å². The zero-order valence-electron chi connectivity index (χ0n) is 24.3. The molecular weight excluding hydrogens is 548 g/mol. The number of nitrogens with zero attached hydrogens (tertiary/aromatic N) is 2. The number of fused-ring (bicyclic) bond motifs is 10. The predicted octanol–water partition coefficient (Wildman–Crippen LogP) is 11.4. The SMILES string of the molecule is c1ccc(-n2c3ccccc3c3ccc(-c4ccc5c(c4)c4c6oc7ccccc7c6ccc4n5-c4ccccc4)cc32)cc1. The van der Waals surface area contributed by atoms with Gasteiger partial charge in [-0.05, 0) is 77.9 Å². The molecule has 0 saturated heterocycles. The van der Waals surface area contributed by atoms with Gasteiger partial charge >= 0.3 is 0 Å². The predicted molar refractivity (Wildman–Crippen MR) is 188 cm³/mol. The summed E-state index contributed by atoms with van der Waals surface area (Å²) < 4.78 is 11.3. The van der Waals surface area contributed by atoms with Crippen molar-refractivity contribution in [1.29, 1.82) is 0 Å². The molecule has 0 saturated carbocycles. The number of aromatic nitrogens is 2. The molecule has 210 valence electrons. The van der Waals surface area contributed by atoms with E-state index in [-0.39, 0.29) is 0 Å². The summed E-state index contributed by atoms with van der Waals surface area (Å²) in [4.78, 5) is 0. The van der Waals surface area contributed by atoms with Gasteiger partial charge in [0.25, 0.3) is 0 Å². The standard InChI is InChI=1S/C42H26N2O/c1-3-11-29(12-4-1)43-37-23-20-27(25-35(37)41-38(43)24-22-34-33-16-8-10-18-40(33)45-42(34)41)28-19-21-32-31-15-7-9-17-36(31)44(39(32)26-28)30-13-5-2-6-14-30/h1-26H. The van der Waals surface area contributed by atoms with E-state index in [0.29, 0.717) is 0 Å². The molecule has 0 aliphatic rings. The monoisotopic (exact) mass is 574 g/mol. The van der Waals surface area contributed by atoms with Gasteiger partial charge in [-0.3, -0.25) is 0 Å². The molecule has 0 fully saturated rings. The molecule has 0 bridgehead atoms. The third-order valence-electron chi connectivity index (χ3n) is 9.31. The lowest BCUT2D eigenvalue weighted by Gasteiger charge is -2.10. The number of hydrogen-bond acceptors (Lipinski definition) is 1. The average Bonchev–Trinajstić information content (AvgIpc) is 3.76. The van der Waals surface area contributed by atoms with Crippen LogP contribution in [-0.2, 0) is 0 Å². The van der Waals surface area contributed by atoms with Gasteiger partial charge in [0.05, 0.1) is 27.5 Å². The summed E-state index contributed by atoms with van der Waals surface area (Å²) in [6.07, 6.45) is 0. The normalized spacial score (nSPS) is 12.0. The maximum Gasteiger partial charge on any atom is 0.145 e. The van der Waals surface area contributed by atoms with E-state index >= 15 is 0 Å². The van der Waals surface area contributed by atoms with Crippen LogP contribution < -0.4 is 0 Å². The minimum atomic E-state index is 0.913. The van der Waals surface area contributed by atoms with Gasteiger partial charge in [0.1, 0.15) is 11.2 Å². The van der Waals surface area contributed by atoms with E-state index in [1.807, 2.05) is 6.07 Å². The van der Waals surface area contributed by atoms with Crippen molar-refractivity contribution in [2.45, 2.75) is 0 Å². The van der Waals surface area contributed by atoms with Crippen LogP contribution in [0.1, 0.15) is 0 Å². The minimum absolute atomic E-state index is 0.913.